The van der Waals surface area contributed by atoms with Crippen molar-refractivity contribution in [3.63, 3.8) is 0 Å². The van der Waals surface area contributed by atoms with Crippen molar-refractivity contribution in [2.45, 2.75) is 6.92 Å². The first-order valence-electron chi connectivity index (χ1n) is 3.99. The molecule has 1 aromatic carbocycles. The minimum atomic E-state index is 0.0468. The number of benzene rings is 1. The molecule has 0 aliphatic rings. The van der Waals surface area contributed by atoms with Gasteiger partial charge in [-0.3, -0.25) is 0 Å². The molecule has 0 unspecified atom stereocenters. The Morgan fingerprint density at radius 1 is 1.64 bits per heavy atom. The number of nitrogens with two attached hydrogens (primary N) is 1. The van der Waals surface area contributed by atoms with Crippen molar-refractivity contribution in [2.75, 3.05) is 6.61 Å². The highest BCUT2D eigenvalue weighted by atomic mass is 79.9. The summed E-state index contributed by atoms with van der Waals surface area (Å²) in [6.45, 7) is 2.04. The second-order valence-corrected chi connectivity index (χ2v) is 3.65. The van der Waals surface area contributed by atoms with E-state index in [4.69, 9.17) is 15.7 Å². The van der Waals surface area contributed by atoms with Crippen LogP contribution >= 0.6 is 15.9 Å². The van der Waals surface area contributed by atoms with Crippen LogP contribution in [-0.4, -0.2) is 17.6 Å². The smallest absolute Gasteiger partial charge is 0.177 e. The molecule has 4 nitrogen and oxygen atoms in total. The minimum Gasteiger partial charge on any atom is -0.486 e. The lowest BCUT2D eigenvalue weighted by Gasteiger charge is -2.06. The Morgan fingerprint density at radius 3 is 2.93 bits per heavy atom. The molecule has 0 radical (unpaired) electrons. The van der Waals surface area contributed by atoms with Crippen molar-refractivity contribution in [1.29, 1.82) is 0 Å². The number of ether oxygens (including phenoxy) is 1. The van der Waals surface area contributed by atoms with E-state index in [0.717, 1.165) is 10.0 Å². The number of hydrogen-bond donors (Lipinski definition) is 2. The Morgan fingerprint density at radius 2 is 2.36 bits per heavy atom. The highest BCUT2D eigenvalue weighted by molar-refractivity contribution is 9.10. The second-order valence-electron chi connectivity index (χ2n) is 2.79. The zero-order valence-corrected chi connectivity index (χ0v) is 9.28. The van der Waals surface area contributed by atoms with Crippen molar-refractivity contribution < 1.29 is 9.94 Å². The van der Waals surface area contributed by atoms with E-state index in [1.165, 1.54) is 0 Å². The maximum atomic E-state index is 8.29. The zero-order chi connectivity index (χ0) is 10.6. The summed E-state index contributed by atoms with van der Waals surface area (Å²) in [4.78, 5) is 0. The Balaban J connectivity index is 2.64. The van der Waals surface area contributed by atoms with Crippen LogP contribution in [0.4, 0.5) is 0 Å². The minimum absolute atomic E-state index is 0.0468. The molecule has 76 valence electrons. The molecule has 0 amide bonds. The van der Waals surface area contributed by atoms with E-state index < -0.39 is 0 Å². The van der Waals surface area contributed by atoms with Crippen LogP contribution in [0.15, 0.2) is 27.8 Å². The maximum absolute atomic E-state index is 8.29. The van der Waals surface area contributed by atoms with E-state index in [1.54, 1.807) is 0 Å². The van der Waals surface area contributed by atoms with Gasteiger partial charge in [0, 0.05) is 4.47 Å². The fourth-order valence-corrected chi connectivity index (χ4v) is 1.14. The SMILES string of the molecule is Cc1cc(OC/C(N)=N/O)ccc1Br. The van der Waals surface area contributed by atoms with Crippen molar-refractivity contribution >= 4 is 21.8 Å². The molecule has 1 aromatic rings. The first-order valence-corrected chi connectivity index (χ1v) is 4.78. The highest BCUT2D eigenvalue weighted by Crippen LogP contribution is 2.21. The van der Waals surface area contributed by atoms with Crippen molar-refractivity contribution in [3.05, 3.63) is 28.2 Å². The van der Waals surface area contributed by atoms with Crippen LogP contribution in [-0.2, 0) is 0 Å². The van der Waals surface area contributed by atoms with Gasteiger partial charge >= 0.3 is 0 Å². The average Bonchev–Trinajstić information content (AvgIpc) is 2.19. The number of oxime groups is 1. The fraction of sp³-hybridized carbons (Fsp3) is 0.222. The number of amidine groups is 1. The summed E-state index contributed by atoms with van der Waals surface area (Å²) >= 11 is 3.38. The average molecular weight is 259 g/mol. The van der Waals surface area contributed by atoms with Gasteiger partial charge in [0.15, 0.2) is 5.84 Å². The molecule has 0 aromatic heterocycles. The van der Waals surface area contributed by atoms with E-state index in [0.29, 0.717) is 5.75 Å². The van der Waals surface area contributed by atoms with Crippen LogP contribution in [0.3, 0.4) is 0 Å². The van der Waals surface area contributed by atoms with Crippen LogP contribution in [0.2, 0.25) is 0 Å². The number of nitrogens with zero attached hydrogens (tertiary/aromatic N) is 1. The van der Waals surface area contributed by atoms with E-state index in [2.05, 4.69) is 21.1 Å². The van der Waals surface area contributed by atoms with Gasteiger partial charge in [-0.15, -0.1) is 0 Å². The predicted molar refractivity (Wildman–Crippen MR) is 57.8 cm³/mol. The molecule has 0 saturated carbocycles. The first kappa shape index (κ1) is 10.8. The molecule has 0 heterocycles. The van der Waals surface area contributed by atoms with Crippen LogP contribution in [0.1, 0.15) is 5.56 Å². The van der Waals surface area contributed by atoms with Crippen molar-refractivity contribution in [3.8, 4) is 5.75 Å². The standard InChI is InChI=1S/C9H11BrN2O2/c1-6-4-7(2-3-8(6)10)14-5-9(11)12-13/h2-4,13H,5H2,1H3,(H2,11,12). The summed E-state index contributed by atoms with van der Waals surface area (Å²) in [5, 5.41) is 11.1. The molecule has 5 heteroatoms. The lowest BCUT2D eigenvalue weighted by atomic mass is 10.2. The number of hydrogen-bond acceptors (Lipinski definition) is 3. The number of rotatable bonds is 3. The Hall–Kier alpha value is -1.23. The Kier molecular flexibility index (Phi) is 3.76. The molecule has 0 saturated heterocycles. The third-order valence-electron chi connectivity index (χ3n) is 1.64. The molecule has 14 heavy (non-hydrogen) atoms. The summed E-state index contributed by atoms with van der Waals surface area (Å²) in [7, 11) is 0. The molecule has 0 aliphatic carbocycles. The van der Waals surface area contributed by atoms with E-state index in [-0.39, 0.29) is 12.4 Å². The molecule has 0 spiro atoms. The summed E-state index contributed by atoms with van der Waals surface area (Å²) in [6, 6.07) is 5.56. The van der Waals surface area contributed by atoms with Gasteiger partial charge < -0.3 is 15.7 Å². The fourth-order valence-electron chi connectivity index (χ4n) is 0.893. The quantitative estimate of drug-likeness (QED) is 0.377. The molecule has 0 aliphatic heterocycles. The lowest BCUT2D eigenvalue weighted by Crippen LogP contribution is -2.20. The highest BCUT2D eigenvalue weighted by Gasteiger charge is 1.99. The summed E-state index contributed by atoms with van der Waals surface area (Å²) < 4.78 is 6.28. The molecule has 0 bridgehead atoms. The van der Waals surface area contributed by atoms with Gasteiger partial charge in [-0.25, -0.2) is 0 Å². The first-order chi connectivity index (χ1) is 6.63. The Labute approximate surface area is 90.5 Å². The van der Waals surface area contributed by atoms with E-state index >= 15 is 0 Å². The topological polar surface area (TPSA) is 67.8 Å². The molecule has 1 rings (SSSR count). The molecule has 3 N–H and O–H groups in total. The third kappa shape index (κ3) is 2.92. The summed E-state index contributed by atoms with van der Waals surface area (Å²) in [6.07, 6.45) is 0. The van der Waals surface area contributed by atoms with Gasteiger partial charge in [-0.05, 0) is 30.7 Å². The lowest BCUT2D eigenvalue weighted by molar-refractivity contribution is 0.306. The van der Waals surface area contributed by atoms with E-state index in [1.807, 2.05) is 25.1 Å². The van der Waals surface area contributed by atoms with Crippen molar-refractivity contribution in [2.24, 2.45) is 10.9 Å². The number of aryl methyl sites for hydroxylation is 1. The van der Waals surface area contributed by atoms with Crippen LogP contribution in [0.25, 0.3) is 0 Å². The molecule has 0 atom stereocenters. The third-order valence-corrected chi connectivity index (χ3v) is 2.53. The van der Waals surface area contributed by atoms with Gasteiger partial charge in [0.25, 0.3) is 0 Å². The molecule has 0 fully saturated rings. The predicted octanol–water partition coefficient (Wildman–Crippen LogP) is 1.88. The number of halogens is 1. The molecular weight excluding hydrogens is 248 g/mol. The van der Waals surface area contributed by atoms with Gasteiger partial charge in [0.1, 0.15) is 12.4 Å². The summed E-state index contributed by atoms with van der Waals surface area (Å²) in [5.74, 6) is 0.739. The normalized spacial score (nSPS) is 11.4. The second kappa shape index (κ2) is 4.85. The molecular formula is C9H11BrN2O2. The van der Waals surface area contributed by atoms with Crippen molar-refractivity contribution in [1.82, 2.24) is 0 Å². The largest absolute Gasteiger partial charge is 0.486 e. The Bertz CT molecular complexity index is 353. The zero-order valence-electron chi connectivity index (χ0n) is 7.70. The maximum Gasteiger partial charge on any atom is 0.177 e. The van der Waals surface area contributed by atoms with Gasteiger partial charge in [-0.1, -0.05) is 21.1 Å². The van der Waals surface area contributed by atoms with Crippen LogP contribution < -0.4 is 10.5 Å². The van der Waals surface area contributed by atoms with Crippen LogP contribution in [0.5, 0.6) is 5.75 Å². The summed E-state index contributed by atoms with van der Waals surface area (Å²) in [5.41, 5.74) is 6.33. The van der Waals surface area contributed by atoms with Gasteiger partial charge in [-0.2, -0.15) is 0 Å². The van der Waals surface area contributed by atoms with Gasteiger partial charge in [0.2, 0.25) is 0 Å². The van der Waals surface area contributed by atoms with Crippen LogP contribution in [0, 0.1) is 6.92 Å². The van der Waals surface area contributed by atoms with Gasteiger partial charge in [0.05, 0.1) is 0 Å². The van der Waals surface area contributed by atoms with E-state index in [9.17, 15) is 0 Å². The monoisotopic (exact) mass is 258 g/mol.